The van der Waals surface area contributed by atoms with Gasteiger partial charge < -0.3 is 14.2 Å². The number of alkyl halides is 1. The van der Waals surface area contributed by atoms with Crippen LogP contribution in [0.5, 0.6) is 11.5 Å². The molecule has 0 aliphatic heterocycles. The second-order valence-electron chi connectivity index (χ2n) is 5.10. The maximum atomic E-state index is 12.6. The van der Waals surface area contributed by atoms with Crippen molar-refractivity contribution in [3.05, 3.63) is 47.5 Å². The van der Waals surface area contributed by atoms with Crippen molar-refractivity contribution >= 4 is 17.4 Å². The molecule has 0 saturated heterocycles. The van der Waals surface area contributed by atoms with Gasteiger partial charge in [-0.15, -0.1) is 11.6 Å². The van der Waals surface area contributed by atoms with E-state index in [2.05, 4.69) is 0 Å². The molecule has 0 unspecified atom stereocenters. The second-order valence-corrected chi connectivity index (χ2v) is 5.48. The molecule has 0 radical (unpaired) electrons. The van der Waals surface area contributed by atoms with E-state index in [9.17, 15) is 4.79 Å². The molecule has 4 nitrogen and oxygen atoms in total. The van der Waals surface area contributed by atoms with Crippen LogP contribution in [-0.2, 0) is 4.74 Å². The monoisotopic (exact) mass is 332 g/mol. The van der Waals surface area contributed by atoms with Gasteiger partial charge in [-0.2, -0.15) is 0 Å². The third-order valence-corrected chi connectivity index (χ3v) is 3.87. The van der Waals surface area contributed by atoms with Crippen molar-refractivity contribution in [2.45, 2.75) is 0 Å². The first-order valence-corrected chi connectivity index (χ1v) is 7.91. The minimum Gasteiger partial charge on any atom is -0.497 e. The zero-order valence-corrected chi connectivity index (χ0v) is 13.6. The van der Waals surface area contributed by atoms with Crippen LogP contribution in [0.4, 0.5) is 0 Å². The van der Waals surface area contributed by atoms with E-state index in [-0.39, 0.29) is 5.78 Å². The van der Waals surface area contributed by atoms with Crippen LogP contribution in [0, 0.1) is 0 Å². The largest absolute Gasteiger partial charge is 0.497 e. The number of carbonyl (C=O) groups is 1. The van der Waals surface area contributed by atoms with Crippen LogP contribution >= 0.6 is 11.6 Å². The minimum absolute atomic E-state index is 0.00209. The Hall–Kier alpha value is -2.04. The van der Waals surface area contributed by atoms with Crippen molar-refractivity contribution in [3.63, 3.8) is 0 Å². The molecule has 0 atom stereocenters. The first-order chi connectivity index (χ1) is 11.2. The van der Waals surface area contributed by atoms with E-state index in [1.54, 1.807) is 19.2 Å². The summed E-state index contributed by atoms with van der Waals surface area (Å²) in [5.74, 6) is 1.80. The van der Waals surface area contributed by atoms with Gasteiger partial charge in [0, 0.05) is 17.0 Å². The molecule has 2 aromatic rings. The lowest BCUT2D eigenvalue weighted by molar-refractivity contribution is 0.104. The van der Waals surface area contributed by atoms with Crippen molar-refractivity contribution < 1.29 is 19.0 Å². The van der Waals surface area contributed by atoms with Gasteiger partial charge in [-0.25, -0.2) is 0 Å². The average Bonchev–Trinajstić information content (AvgIpc) is 2.86. The van der Waals surface area contributed by atoms with E-state index in [0.717, 1.165) is 11.1 Å². The van der Waals surface area contributed by atoms with Crippen molar-refractivity contribution in [1.29, 1.82) is 0 Å². The third kappa shape index (κ3) is 3.19. The van der Waals surface area contributed by atoms with Gasteiger partial charge in [0.2, 0.25) is 0 Å². The molecule has 2 aromatic carbocycles. The summed E-state index contributed by atoms with van der Waals surface area (Å²) in [5.41, 5.74) is 3.19. The quantitative estimate of drug-likeness (QED) is 0.490. The van der Waals surface area contributed by atoms with E-state index in [1.165, 1.54) is 0 Å². The summed E-state index contributed by atoms with van der Waals surface area (Å²) in [5, 5.41) is 0. The minimum atomic E-state index is -0.00209. The highest BCUT2D eigenvalue weighted by Gasteiger charge is 2.27. The van der Waals surface area contributed by atoms with Crippen molar-refractivity contribution in [1.82, 2.24) is 0 Å². The predicted molar refractivity (Wildman–Crippen MR) is 88.9 cm³/mol. The lowest BCUT2D eigenvalue weighted by atomic mass is 10.1. The molecule has 0 heterocycles. The fourth-order valence-electron chi connectivity index (χ4n) is 2.63. The number of carbonyl (C=O) groups excluding carboxylic acids is 1. The topological polar surface area (TPSA) is 44.8 Å². The predicted octanol–water partition coefficient (Wildman–Crippen LogP) is 3.54. The Morgan fingerprint density at radius 1 is 0.870 bits per heavy atom. The molecule has 0 spiro atoms. The van der Waals surface area contributed by atoms with Gasteiger partial charge >= 0.3 is 0 Å². The van der Waals surface area contributed by atoms with Gasteiger partial charge in [0.1, 0.15) is 18.1 Å². The highest BCUT2D eigenvalue weighted by Crippen LogP contribution is 2.39. The number of halogens is 1. The average molecular weight is 333 g/mol. The number of ether oxygens (including phenoxy) is 3. The van der Waals surface area contributed by atoms with Crippen LogP contribution in [0.2, 0.25) is 0 Å². The Morgan fingerprint density at radius 2 is 1.52 bits per heavy atom. The summed E-state index contributed by atoms with van der Waals surface area (Å²) in [6, 6.07) is 11.1. The molecule has 23 heavy (non-hydrogen) atoms. The molecule has 0 aromatic heterocycles. The summed E-state index contributed by atoms with van der Waals surface area (Å²) in [6.45, 7) is 1.39. The smallest absolute Gasteiger partial charge is 0.194 e. The van der Waals surface area contributed by atoms with Gasteiger partial charge in [-0.3, -0.25) is 4.79 Å². The van der Waals surface area contributed by atoms with Crippen LogP contribution in [0.25, 0.3) is 11.1 Å². The molecule has 3 rings (SSSR count). The molecule has 120 valence electrons. The third-order valence-electron chi connectivity index (χ3n) is 3.72. The first-order valence-electron chi connectivity index (χ1n) is 7.38. The standard InChI is InChI=1S/C18H17ClO4/c1-21-12-2-4-14-15-5-3-13(23-9-8-22-7-6-19)11-17(15)18(20)16(14)10-12/h2-5,10-11H,6-9H2,1H3. The molecular weight excluding hydrogens is 316 g/mol. The van der Waals surface area contributed by atoms with Gasteiger partial charge in [0.15, 0.2) is 5.78 Å². The van der Waals surface area contributed by atoms with E-state index < -0.39 is 0 Å². The lowest BCUT2D eigenvalue weighted by Crippen LogP contribution is -2.08. The Bertz CT molecular complexity index is 727. The van der Waals surface area contributed by atoms with Crippen molar-refractivity contribution in [2.24, 2.45) is 0 Å². The fraction of sp³-hybridized carbons (Fsp3) is 0.278. The summed E-state index contributed by atoms with van der Waals surface area (Å²) in [6.07, 6.45) is 0. The Balaban J connectivity index is 1.76. The Kier molecular flexibility index (Phi) is 4.84. The van der Waals surface area contributed by atoms with Crippen molar-refractivity contribution in [3.8, 4) is 22.6 Å². The molecule has 0 fully saturated rings. The van der Waals surface area contributed by atoms with Crippen LogP contribution in [0.1, 0.15) is 15.9 Å². The number of benzene rings is 2. The molecule has 0 bridgehead atoms. The van der Waals surface area contributed by atoms with Crippen molar-refractivity contribution in [2.75, 3.05) is 32.8 Å². The molecule has 5 heteroatoms. The van der Waals surface area contributed by atoms with Crippen LogP contribution < -0.4 is 9.47 Å². The summed E-state index contributed by atoms with van der Waals surface area (Å²) in [4.78, 5) is 12.6. The lowest BCUT2D eigenvalue weighted by Gasteiger charge is -2.08. The van der Waals surface area contributed by atoms with E-state index in [4.69, 9.17) is 25.8 Å². The van der Waals surface area contributed by atoms with E-state index in [1.807, 2.05) is 24.3 Å². The normalized spacial score (nSPS) is 12.0. The zero-order chi connectivity index (χ0) is 16.2. The van der Waals surface area contributed by atoms with E-state index in [0.29, 0.717) is 48.3 Å². The maximum Gasteiger partial charge on any atom is 0.194 e. The summed E-state index contributed by atoms with van der Waals surface area (Å²) < 4.78 is 16.1. The molecule has 0 amide bonds. The second kappa shape index (κ2) is 7.02. The number of rotatable bonds is 7. The van der Waals surface area contributed by atoms with Gasteiger partial charge in [-0.05, 0) is 47.5 Å². The SMILES string of the molecule is COc1ccc2c(c1)C(=O)c1cc(OCCOCCCl)ccc1-2. The highest BCUT2D eigenvalue weighted by molar-refractivity contribution is 6.22. The van der Waals surface area contributed by atoms with Crippen LogP contribution in [0.15, 0.2) is 36.4 Å². The van der Waals surface area contributed by atoms with Gasteiger partial charge in [0.05, 0.1) is 20.3 Å². The number of hydrogen-bond acceptors (Lipinski definition) is 4. The fourth-order valence-corrected chi connectivity index (χ4v) is 2.74. The summed E-state index contributed by atoms with van der Waals surface area (Å²) >= 11 is 5.53. The number of fused-ring (bicyclic) bond motifs is 3. The number of hydrogen-bond donors (Lipinski definition) is 0. The highest BCUT2D eigenvalue weighted by atomic mass is 35.5. The van der Waals surface area contributed by atoms with E-state index >= 15 is 0 Å². The molecule has 0 N–H and O–H groups in total. The molecular formula is C18H17ClO4. The molecule has 0 saturated carbocycles. The maximum absolute atomic E-state index is 12.6. The number of ketones is 1. The number of methoxy groups -OCH3 is 1. The van der Waals surface area contributed by atoms with Crippen LogP contribution in [-0.4, -0.2) is 38.6 Å². The molecule has 1 aliphatic carbocycles. The summed E-state index contributed by atoms with van der Waals surface area (Å²) in [7, 11) is 1.59. The Labute approximate surface area is 139 Å². The molecule has 1 aliphatic rings. The van der Waals surface area contributed by atoms with Gasteiger partial charge in [-0.1, -0.05) is 0 Å². The zero-order valence-electron chi connectivity index (χ0n) is 12.8. The van der Waals surface area contributed by atoms with Crippen LogP contribution in [0.3, 0.4) is 0 Å². The first kappa shape index (κ1) is 15.8. The Morgan fingerprint density at radius 3 is 2.17 bits per heavy atom. The van der Waals surface area contributed by atoms with Gasteiger partial charge in [0.25, 0.3) is 0 Å².